The van der Waals surface area contributed by atoms with Gasteiger partial charge in [0.2, 0.25) is 0 Å². The van der Waals surface area contributed by atoms with Crippen LogP contribution in [0.3, 0.4) is 0 Å². The molecule has 0 spiro atoms. The van der Waals surface area contributed by atoms with E-state index >= 15 is 0 Å². The van der Waals surface area contributed by atoms with E-state index in [1.807, 2.05) is 13.0 Å². The van der Waals surface area contributed by atoms with Crippen molar-refractivity contribution in [3.8, 4) is 0 Å². The number of benzene rings is 1. The van der Waals surface area contributed by atoms with E-state index in [2.05, 4.69) is 10.6 Å². The van der Waals surface area contributed by atoms with Gasteiger partial charge in [-0.15, -0.1) is 0 Å². The molecule has 4 nitrogen and oxygen atoms in total. The molecule has 0 saturated carbocycles. The molecule has 1 aromatic carbocycles. The van der Waals surface area contributed by atoms with Crippen LogP contribution in [0.5, 0.6) is 0 Å². The highest BCUT2D eigenvalue weighted by Crippen LogP contribution is 2.31. The van der Waals surface area contributed by atoms with Crippen molar-refractivity contribution in [3.05, 3.63) is 47.4 Å². The zero-order valence-electron chi connectivity index (χ0n) is 12.6. The number of hydrogen-bond donors (Lipinski definition) is 2. The van der Waals surface area contributed by atoms with E-state index in [-0.39, 0.29) is 17.8 Å². The summed E-state index contributed by atoms with van der Waals surface area (Å²) < 4.78 is 18.3. The average Bonchev–Trinajstić information content (AvgIpc) is 2.48. The van der Waals surface area contributed by atoms with E-state index in [0.717, 1.165) is 17.7 Å². The molecule has 1 aliphatic heterocycles. The third-order valence-electron chi connectivity index (χ3n) is 3.41. The first-order valence-corrected chi connectivity index (χ1v) is 7.67. The van der Waals surface area contributed by atoms with Gasteiger partial charge < -0.3 is 15.4 Å². The molecule has 1 aliphatic rings. The average molecular weight is 322 g/mol. The maximum Gasteiger partial charge on any atom is 0.317 e. The van der Waals surface area contributed by atoms with Gasteiger partial charge in [0.05, 0.1) is 12.6 Å². The number of rotatable bonds is 4. The van der Waals surface area contributed by atoms with Crippen molar-refractivity contribution >= 4 is 23.3 Å². The summed E-state index contributed by atoms with van der Waals surface area (Å²) in [5.41, 5.74) is 1.50. The molecule has 2 atom stereocenters. The maximum atomic E-state index is 13.1. The largest absolute Gasteiger partial charge is 0.465 e. The molecular weight excluding hydrogens is 303 g/mol. The Bertz CT molecular complexity index is 586. The number of nitrogens with one attached hydrogen (secondary N) is 2. The van der Waals surface area contributed by atoms with Gasteiger partial charge in [-0.25, -0.2) is 4.39 Å². The Morgan fingerprint density at radius 3 is 2.64 bits per heavy atom. The lowest BCUT2D eigenvalue weighted by Gasteiger charge is -2.35. The molecular formula is C16H19FN2O2S. The van der Waals surface area contributed by atoms with Crippen molar-refractivity contribution in [1.29, 1.82) is 0 Å². The molecule has 118 valence electrons. The summed E-state index contributed by atoms with van der Waals surface area (Å²) in [5, 5.41) is 6.55. The fourth-order valence-corrected chi connectivity index (χ4v) is 2.73. The lowest BCUT2D eigenvalue weighted by Crippen LogP contribution is -2.51. The summed E-state index contributed by atoms with van der Waals surface area (Å²) in [4.78, 5) is 12.4. The van der Waals surface area contributed by atoms with Crippen LogP contribution in [0.15, 0.2) is 36.0 Å². The number of thiocarbonyl (C=S) groups is 1. The Balaban J connectivity index is 2.41. The van der Waals surface area contributed by atoms with Crippen molar-refractivity contribution in [2.45, 2.75) is 26.3 Å². The van der Waals surface area contributed by atoms with Gasteiger partial charge in [0.25, 0.3) is 0 Å². The highest BCUT2D eigenvalue weighted by Gasteiger charge is 2.38. The first-order valence-electron chi connectivity index (χ1n) is 7.26. The van der Waals surface area contributed by atoms with Gasteiger partial charge in [-0.1, -0.05) is 25.1 Å². The minimum atomic E-state index is -0.544. The molecule has 1 fully saturated rings. The first-order chi connectivity index (χ1) is 10.6. The van der Waals surface area contributed by atoms with Crippen LogP contribution in [0.2, 0.25) is 0 Å². The van der Waals surface area contributed by atoms with Gasteiger partial charge in [-0.05, 0) is 43.3 Å². The summed E-state index contributed by atoms with van der Waals surface area (Å²) in [6.45, 7) is 4.05. The van der Waals surface area contributed by atoms with E-state index in [1.54, 1.807) is 19.1 Å². The molecule has 0 radical (unpaired) electrons. The van der Waals surface area contributed by atoms with E-state index < -0.39 is 5.92 Å². The highest BCUT2D eigenvalue weighted by molar-refractivity contribution is 7.80. The van der Waals surface area contributed by atoms with Crippen LogP contribution in [0.4, 0.5) is 4.39 Å². The zero-order chi connectivity index (χ0) is 16.1. The van der Waals surface area contributed by atoms with Crippen LogP contribution < -0.4 is 10.6 Å². The van der Waals surface area contributed by atoms with E-state index in [1.165, 1.54) is 12.1 Å². The molecule has 0 aliphatic carbocycles. The molecule has 2 N–H and O–H groups in total. The van der Waals surface area contributed by atoms with E-state index in [0.29, 0.717) is 11.7 Å². The molecule has 0 bridgehead atoms. The summed E-state index contributed by atoms with van der Waals surface area (Å²) in [6, 6.07) is 5.65. The highest BCUT2D eigenvalue weighted by atomic mass is 32.1. The number of hydrogen-bond acceptors (Lipinski definition) is 3. The number of carbonyl (C=O) groups is 1. The third-order valence-corrected chi connectivity index (χ3v) is 3.63. The molecule has 6 heteroatoms. The van der Waals surface area contributed by atoms with Gasteiger partial charge >= 0.3 is 5.97 Å². The van der Waals surface area contributed by atoms with Gasteiger partial charge in [0, 0.05) is 5.70 Å². The van der Waals surface area contributed by atoms with Gasteiger partial charge in [0.15, 0.2) is 5.11 Å². The minimum absolute atomic E-state index is 0.301. The predicted molar refractivity (Wildman–Crippen MR) is 86.5 cm³/mol. The Kier molecular flexibility index (Phi) is 5.49. The molecule has 22 heavy (non-hydrogen) atoms. The number of allylic oxidation sites excluding steroid dienone is 1. The van der Waals surface area contributed by atoms with Crippen molar-refractivity contribution in [3.63, 3.8) is 0 Å². The molecule has 1 saturated heterocycles. The molecule has 0 aromatic heterocycles. The quantitative estimate of drug-likeness (QED) is 0.659. The summed E-state index contributed by atoms with van der Waals surface area (Å²) in [6.07, 6.45) is 2.68. The SMILES string of the molecule is CC/C=C1/NC(=S)N[C@H](c2ccc(F)cc2)[C@H]1C(=O)OCC. The summed E-state index contributed by atoms with van der Waals surface area (Å²) >= 11 is 5.21. The monoisotopic (exact) mass is 322 g/mol. The standard InChI is InChI=1S/C16H19FN2O2S/c1-3-5-12-13(15(20)21-4-2)14(19-16(22)18-12)10-6-8-11(17)9-7-10/h5-9,13-14H,3-4H2,1-2H3,(H2,18,19,22)/b12-5+/t13-,14+/m0/s1. The molecule has 0 amide bonds. The fraction of sp³-hybridized carbons (Fsp3) is 0.375. The maximum absolute atomic E-state index is 13.1. The number of ether oxygens (including phenoxy) is 1. The Morgan fingerprint density at radius 1 is 1.36 bits per heavy atom. The van der Waals surface area contributed by atoms with Gasteiger partial charge in [-0.3, -0.25) is 4.79 Å². The van der Waals surface area contributed by atoms with Crippen molar-refractivity contribution < 1.29 is 13.9 Å². The molecule has 1 heterocycles. The smallest absolute Gasteiger partial charge is 0.317 e. The lowest BCUT2D eigenvalue weighted by atomic mass is 9.88. The predicted octanol–water partition coefficient (Wildman–Crippen LogP) is 2.82. The Hall–Kier alpha value is -1.95. The van der Waals surface area contributed by atoms with Crippen LogP contribution in [-0.4, -0.2) is 17.7 Å². The lowest BCUT2D eigenvalue weighted by molar-refractivity contribution is -0.147. The van der Waals surface area contributed by atoms with Gasteiger partial charge in [-0.2, -0.15) is 0 Å². The topological polar surface area (TPSA) is 50.4 Å². The fourth-order valence-electron chi connectivity index (χ4n) is 2.49. The van der Waals surface area contributed by atoms with Crippen molar-refractivity contribution in [2.24, 2.45) is 5.92 Å². The molecule has 0 unspecified atom stereocenters. The normalized spacial score (nSPS) is 22.9. The number of esters is 1. The third kappa shape index (κ3) is 3.62. The van der Waals surface area contributed by atoms with Crippen molar-refractivity contribution in [2.75, 3.05) is 6.61 Å². The van der Waals surface area contributed by atoms with Crippen LogP contribution in [0.25, 0.3) is 0 Å². The second-order valence-corrected chi connectivity index (χ2v) is 5.33. The summed E-state index contributed by atoms with van der Waals surface area (Å²) in [5.74, 6) is -1.20. The second-order valence-electron chi connectivity index (χ2n) is 4.93. The van der Waals surface area contributed by atoms with E-state index in [4.69, 9.17) is 17.0 Å². The zero-order valence-corrected chi connectivity index (χ0v) is 13.4. The second kappa shape index (κ2) is 7.35. The van der Waals surface area contributed by atoms with Gasteiger partial charge in [0.1, 0.15) is 11.7 Å². The van der Waals surface area contributed by atoms with E-state index in [9.17, 15) is 9.18 Å². The Labute approximate surface area is 134 Å². The van der Waals surface area contributed by atoms with Crippen LogP contribution in [-0.2, 0) is 9.53 Å². The van der Waals surface area contributed by atoms with Crippen molar-refractivity contribution in [1.82, 2.24) is 10.6 Å². The molecule has 1 aromatic rings. The minimum Gasteiger partial charge on any atom is -0.465 e. The molecule has 2 rings (SSSR count). The van der Waals surface area contributed by atoms with Crippen LogP contribution in [0.1, 0.15) is 31.9 Å². The first kappa shape index (κ1) is 16.4. The Morgan fingerprint density at radius 2 is 2.05 bits per heavy atom. The number of carbonyl (C=O) groups excluding carboxylic acids is 1. The van der Waals surface area contributed by atoms with Crippen LogP contribution >= 0.6 is 12.2 Å². The number of halogens is 1. The van der Waals surface area contributed by atoms with Crippen LogP contribution in [0, 0.1) is 11.7 Å². The summed E-state index contributed by atoms with van der Waals surface area (Å²) in [7, 11) is 0.